The van der Waals surface area contributed by atoms with Gasteiger partial charge in [0.2, 0.25) is 0 Å². The minimum atomic E-state index is 0.412. The summed E-state index contributed by atoms with van der Waals surface area (Å²) < 4.78 is 24.7. The maximum Gasteiger partial charge on any atom is 0.126 e. The predicted octanol–water partition coefficient (Wildman–Crippen LogP) is 12.7. The highest BCUT2D eigenvalue weighted by Gasteiger charge is 2.32. The second kappa shape index (κ2) is 20.3. The minimum absolute atomic E-state index is 0.412. The fourth-order valence-electron chi connectivity index (χ4n) is 7.76. The van der Waals surface area contributed by atoms with Crippen molar-refractivity contribution in [1.82, 2.24) is 0 Å². The zero-order chi connectivity index (χ0) is 36.2. The van der Waals surface area contributed by atoms with Gasteiger partial charge in [-0.2, -0.15) is 0 Å². The smallest absolute Gasteiger partial charge is 0.126 e. The summed E-state index contributed by atoms with van der Waals surface area (Å²) in [6.45, 7) is 26.6. The maximum atomic E-state index is 6.69. The van der Waals surface area contributed by atoms with Crippen molar-refractivity contribution in [3.05, 3.63) is 57.6 Å². The Balaban J connectivity index is 1.44. The van der Waals surface area contributed by atoms with Gasteiger partial charge < -0.3 is 18.9 Å². The molecule has 4 atom stereocenters. The van der Waals surface area contributed by atoms with E-state index >= 15 is 0 Å². The lowest BCUT2D eigenvalue weighted by molar-refractivity contribution is 0.254. The first-order valence-electron chi connectivity index (χ1n) is 20.9. The quantitative estimate of drug-likeness (QED) is 0.0768. The number of epoxide rings is 2. The zero-order valence-electron chi connectivity index (χ0n) is 33.9. The number of hydrogen-bond donors (Lipinski definition) is 0. The molecule has 0 aromatic heterocycles. The van der Waals surface area contributed by atoms with E-state index in [1.165, 1.54) is 84.7 Å². The fourth-order valence-corrected chi connectivity index (χ4v) is 7.76. The van der Waals surface area contributed by atoms with Crippen LogP contribution in [0.25, 0.3) is 0 Å². The molecule has 282 valence electrons. The van der Waals surface area contributed by atoms with Crippen molar-refractivity contribution >= 4 is 0 Å². The molecule has 2 aliphatic heterocycles. The molecule has 2 aromatic rings. The van der Waals surface area contributed by atoms with Gasteiger partial charge in [-0.3, -0.25) is 0 Å². The topological polar surface area (TPSA) is 43.5 Å². The van der Waals surface area contributed by atoms with Gasteiger partial charge in [0.25, 0.3) is 0 Å². The van der Waals surface area contributed by atoms with Crippen molar-refractivity contribution in [3.8, 4) is 11.5 Å². The molecule has 0 saturated carbocycles. The highest BCUT2D eigenvalue weighted by atomic mass is 16.6. The van der Waals surface area contributed by atoms with E-state index in [-0.39, 0.29) is 0 Å². The molecule has 0 radical (unpaired) electrons. The average molecular weight is 691 g/mol. The van der Waals surface area contributed by atoms with E-state index in [0.29, 0.717) is 47.7 Å². The Kier molecular flexibility index (Phi) is 16.5. The number of aryl methyl sites for hydroxylation is 2. The summed E-state index contributed by atoms with van der Waals surface area (Å²) in [7, 11) is 0. The van der Waals surface area contributed by atoms with Gasteiger partial charge in [0.15, 0.2) is 0 Å². The van der Waals surface area contributed by atoms with E-state index in [9.17, 15) is 0 Å². The molecule has 2 aliphatic rings. The van der Waals surface area contributed by atoms with Gasteiger partial charge in [0, 0.05) is 0 Å². The van der Waals surface area contributed by atoms with Crippen LogP contribution in [0, 0.1) is 11.8 Å². The number of benzene rings is 2. The molecule has 2 heterocycles. The SMILES string of the molecule is CCCCC(CCCOc1c(C(C)C)cc(CCc2cc(C(C)C)c(OCCCC(CCCC)C3CO3)c(C(C)C)c2)cc1C(C)C)C1CO1. The Morgan fingerprint density at radius 2 is 0.820 bits per heavy atom. The molecular formula is C46H74O4. The van der Waals surface area contributed by atoms with E-state index in [2.05, 4.69) is 93.5 Å². The van der Waals surface area contributed by atoms with Crippen LogP contribution in [-0.4, -0.2) is 38.6 Å². The van der Waals surface area contributed by atoms with Crippen LogP contribution >= 0.6 is 0 Å². The first-order valence-corrected chi connectivity index (χ1v) is 20.9. The van der Waals surface area contributed by atoms with Crippen molar-refractivity contribution < 1.29 is 18.9 Å². The second-order valence-electron chi connectivity index (χ2n) is 16.9. The van der Waals surface area contributed by atoms with E-state index in [0.717, 1.165) is 63.6 Å². The van der Waals surface area contributed by atoms with Crippen molar-refractivity contribution in [2.45, 2.75) is 182 Å². The number of hydrogen-bond acceptors (Lipinski definition) is 4. The summed E-state index contributed by atoms with van der Waals surface area (Å²) in [5.41, 5.74) is 8.28. The lowest BCUT2D eigenvalue weighted by Gasteiger charge is -2.23. The van der Waals surface area contributed by atoms with Crippen LogP contribution in [0.5, 0.6) is 11.5 Å². The van der Waals surface area contributed by atoms with Gasteiger partial charge in [-0.05, 0) is 120 Å². The maximum absolute atomic E-state index is 6.69. The molecule has 4 unspecified atom stereocenters. The Bertz CT molecular complexity index is 1130. The van der Waals surface area contributed by atoms with Crippen LogP contribution in [-0.2, 0) is 22.3 Å². The summed E-state index contributed by atoms with van der Waals surface area (Å²) >= 11 is 0. The van der Waals surface area contributed by atoms with E-state index in [1.54, 1.807) is 0 Å². The molecule has 2 aromatic carbocycles. The second-order valence-corrected chi connectivity index (χ2v) is 16.9. The van der Waals surface area contributed by atoms with E-state index in [1.807, 2.05) is 0 Å². The van der Waals surface area contributed by atoms with Crippen molar-refractivity contribution in [3.63, 3.8) is 0 Å². The normalized spacial score (nSPS) is 18.4. The Morgan fingerprint density at radius 1 is 0.520 bits per heavy atom. The van der Waals surface area contributed by atoms with Crippen LogP contribution in [0.4, 0.5) is 0 Å². The number of rotatable bonds is 25. The molecule has 0 bridgehead atoms. The van der Waals surface area contributed by atoms with Crippen LogP contribution in [0.3, 0.4) is 0 Å². The molecule has 0 spiro atoms. The molecule has 0 aliphatic carbocycles. The predicted molar refractivity (Wildman–Crippen MR) is 212 cm³/mol. The third-order valence-corrected chi connectivity index (χ3v) is 11.2. The molecule has 4 heteroatoms. The standard InChI is InChI=1S/C46H74O4/c1-11-13-17-37(43-29-49-43)19-15-23-47-45-39(31(3)4)25-35(26-40(45)32(5)6)21-22-36-27-41(33(7)8)46(42(28-36)34(9)10)48-24-16-20-38(18-14-12-2)44-30-50-44/h25-28,31-34,37-38,43-44H,11-24,29-30H2,1-10H3. The summed E-state index contributed by atoms with van der Waals surface area (Å²) in [6, 6.07) is 9.77. The van der Waals surface area contributed by atoms with Gasteiger partial charge >= 0.3 is 0 Å². The highest BCUT2D eigenvalue weighted by molar-refractivity contribution is 5.50. The molecule has 2 saturated heterocycles. The molecule has 0 amide bonds. The zero-order valence-corrected chi connectivity index (χ0v) is 33.9. The summed E-state index contributed by atoms with van der Waals surface area (Å²) in [6.07, 6.45) is 15.3. The van der Waals surface area contributed by atoms with E-state index in [4.69, 9.17) is 18.9 Å². The van der Waals surface area contributed by atoms with Crippen molar-refractivity contribution in [1.29, 1.82) is 0 Å². The Hall–Kier alpha value is -2.04. The van der Waals surface area contributed by atoms with Gasteiger partial charge in [0.05, 0.1) is 38.6 Å². The number of unbranched alkanes of at least 4 members (excludes halogenated alkanes) is 2. The molecule has 2 fully saturated rings. The first-order chi connectivity index (χ1) is 24.0. The molecule has 4 rings (SSSR count). The van der Waals surface area contributed by atoms with Crippen molar-refractivity contribution in [2.75, 3.05) is 26.4 Å². The van der Waals surface area contributed by atoms with Gasteiger partial charge in [-0.15, -0.1) is 0 Å². The molecule has 0 N–H and O–H groups in total. The highest BCUT2D eigenvalue weighted by Crippen LogP contribution is 2.39. The van der Waals surface area contributed by atoms with Crippen LogP contribution in [0.2, 0.25) is 0 Å². The summed E-state index contributed by atoms with van der Waals surface area (Å²) in [5, 5.41) is 0. The summed E-state index contributed by atoms with van der Waals surface area (Å²) in [4.78, 5) is 0. The minimum Gasteiger partial charge on any atom is -0.493 e. The molecular weight excluding hydrogens is 617 g/mol. The lowest BCUT2D eigenvalue weighted by atomic mass is 9.88. The monoisotopic (exact) mass is 691 g/mol. The Labute approximate surface area is 307 Å². The van der Waals surface area contributed by atoms with E-state index < -0.39 is 0 Å². The lowest BCUT2D eigenvalue weighted by Crippen LogP contribution is -2.12. The van der Waals surface area contributed by atoms with Gasteiger partial charge in [-0.25, -0.2) is 0 Å². The van der Waals surface area contributed by atoms with Crippen LogP contribution < -0.4 is 9.47 Å². The first kappa shape index (κ1) is 40.7. The number of ether oxygens (including phenoxy) is 4. The summed E-state index contributed by atoms with van der Waals surface area (Å²) in [5.74, 6) is 5.31. The van der Waals surface area contributed by atoms with Gasteiger partial charge in [-0.1, -0.05) is 119 Å². The van der Waals surface area contributed by atoms with Crippen molar-refractivity contribution in [2.24, 2.45) is 11.8 Å². The van der Waals surface area contributed by atoms with Crippen LogP contribution in [0.15, 0.2) is 24.3 Å². The third-order valence-electron chi connectivity index (χ3n) is 11.2. The molecule has 4 nitrogen and oxygen atoms in total. The molecule has 50 heavy (non-hydrogen) atoms. The fraction of sp³-hybridized carbons (Fsp3) is 0.739. The van der Waals surface area contributed by atoms with Gasteiger partial charge in [0.1, 0.15) is 11.5 Å². The largest absolute Gasteiger partial charge is 0.493 e. The van der Waals surface area contributed by atoms with Crippen LogP contribution in [0.1, 0.15) is 190 Å². The Morgan fingerprint density at radius 3 is 1.08 bits per heavy atom. The average Bonchev–Trinajstić information content (AvgIpc) is 4.01. The third kappa shape index (κ3) is 12.3.